The lowest BCUT2D eigenvalue weighted by Crippen LogP contribution is -2.25. The third kappa shape index (κ3) is 5.80. The minimum Gasteiger partial charge on any atom is -0.493 e. The van der Waals surface area contributed by atoms with Gasteiger partial charge in [0.1, 0.15) is 5.75 Å². The molecule has 1 rings (SSSR count). The summed E-state index contributed by atoms with van der Waals surface area (Å²) in [6.07, 6.45) is 1.02. The Morgan fingerprint density at radius 3 is 2.78 bits per heavy atom. The molecule has 4 nitrogen and oxygen atoms in total. The Hall–Kier alpha value is -2.15. The second kappa shape index (κ2) is 8.02. The van der Waals surface area contributed by atoms with E-state index in [4.69, 9.17) is 10.5 Å². The molecule has 96 valence electrons. The molecule has 0 radical (unpaired) electrons. The number of benzene rings is 1. The summed E-state index contributed by atoms with van der Waals surface area (Å²) in [5, 5.41) is 2.77. The summed E-state index contributed by atoms with van der Waals surface area (Å²) in [6, 6.07) is 7.09. The van der Waals surface area contributed by atoms with Gasteiger partial charge in [-0.05, 0) is 31.2 Å². The van der Waals surface area contributed by atoms with E-state index in [9.17, 15) is 4.79 Å². The maximum absolute atomic E-state index is 11.4. The summed E-state index contributed by atoms with van der Waals surface area (Å²) in [5.74, 6) is 6.35. The first kappa shape index (κ1) is 13.9. The van der Waals surface area contributed by atoms with Gasteiger partial charge in [-0.3, -0.25) is 4.79 Å². The Morgan fingerprint density at radius 2 is 2.11 bits per heavy atom. The highest BCUT2D eigenvalue weighted by molar-refractivity contribution is 5.75. The van der Waals surface area contributed by atoms with Crippen molar-refractivity contribution in [3.05, 3.63) is 24.3 Å². The van der Waals surface area contributed by atoms with Gasteiger partial charge in [-0.15, -0.1) is 11.8 Å². The Kier molecular flexibility index (Phi) is 6.20. The van der Waals surface area contributed by atoms with E-state index in [-0.39, 0.29) is 5.91 Å². The van der Waals surface area contributed by atoms with E-state index in [1.165, 1.54) is 0 Å². The Balaban J connectivity index is 2.14. The fourth-order valence-electron chi connectivity index (χ4n) is 1.30. The molecule has 0 aliphatic rings. The molecule has 18 heavy (non-hydrogen) atoms. The van der Waals surface area contributed by atoms with E-state index in [1.807, 2.05) is 0 Å². The van der Waals surface area contributed by atoms with E-state index in [2.05, 4.69) is 17.2 Å². The number of nitrogens with one attached hydrogen (secondary N) is 1. The van der Waals surface area contributed by atoms with Crippen LogP contribution < -0.4 is 15.8 Å². The summed E-state index contributed by atoms with van der Waals surface area (Å²) in [4.78, 5) is 11.4. The zero-order chi connectivity index (χ0) is 13.2. The lowest BCUT2D eigenvalue weighted by atomic mass is 10.3. The standard InChI is InChI=1S/C14H18N2O2/c1-2-3-4-10-16-14(17)9-11-18-13-7-5-12(15)6-8-13/h5-8H,4,9-11,15H2,1H3,(H,16,17). The zero-order valence-corrected chi connectivity index (χ0v) is 10.5. The van der Waals surface area contributed by atoms with Crippen LogP contribution in [0, 0.1) is 11.8 Å². The molecule has 0 bridgehead atoms. The van der Waals surface area contributed by atoms with Gasteiger partial charge in [0.25, 0.3) is 0 Å². The van der Waals surface area contributed by atoms with Crippen molar-refractivity contribution < 1.29 is 9.53 Å². The summed E-state index contributed by atoms with van der Waals surface area (Å²) in [6.45, 7) is 2.72. The van der Waals surface area contributed by atoms with Crippen LogP contribution in [0.3, 0.4) is 0 Å². The number of anilines is 1. The molecule has 3 N–H and O–H groups in total. The van der Waals surface area contributed by atoms with Gasteiger partial charge in [0.2, 0.25) is 5.91 Å². The van der Waals surface area contributed by atoms with Gasteiger partial charge >= 0.3 is 0 Å². The molecule has 0 saturated carbocycles. The molecule has 0 aliphatic heterocycles. The molecule has 0 unspecified atom stereocenters. The van der Waals surface area contributed by atoms with Crippen molar-refractivity contribution in [1.82, 2.24) is 5.32 Å². The maximum Gasteiger partial charge on any atom is 0.223 e. The first-order valence-corrected chi connectivity index (χ1v) is 5.87. The molecule has 0 spiro atoms. The predicted octanol–water partition coefficient (Wildman–Crippen LogP) is 1.57. The molecule has 0 heterocycles. The highest BCUT2D eigenvalue weighted by atomic mass is 16.5. The Labute approximate surface area is 108 Å². The number of hydrogen-bond donors (Lipinski definition) is 2. The summed E-state index contributed by atoms with van der Waals surface area (Å²) >= 11 is 0. The summed E-state index contributed by atoms with van der Waals surface area (Å²) < 4.78 is 5.41. The molecule has 0 saturated heterocycles. The lowest BCUT2D eigenvalue weighted by molar-refractivity contribution is -0.121. The van der Waals surface area contributed by atoms with Crippen LogP contribution in [0.1, 0.15) is 19.8 Å². The number of rotatable bonds is 6. The Bertz CT molecular complexity index is 429. The zero-order valence-electron chi connectivity index (χ0n) is 10.5. The number of carbonyl (C=O) groups excluding carboxylic acids is 1. The van der Waals surface area contributed by atoms with Crippen LogP contribution in [-0.4, -0.2) is 19.1 Å². The van der Waals surface area contributed by atoms with Gasteiger partial charge in [-0.2, -0.15) is 0 Å². The number of hydrogen-bond acceptors (Lipinski definition) is 3. The largest absolute Gasteiger partial charge is 0.493 e. The van der Waals surface area contributed by atoms with E-state index < -0.39 is 0 Å². The van der Waals surface area contributed by atoms with Crippen LogP contribution in [0.5, 0.6) is 5.75 Å². The average molecular weight is 246 g/mol. The molecule has 0 fully saturated rings. The van der Waals surface area contributed by atoms with Crippen molar-refractivity contribution in [2.75, 3.05) is 18.9 Å². The molecule has 0 aromatic heterocycles. The second-order valence-electron chi connectivity index (χ2n) is 3.69. The van der Waals surface area contributed by atoms with E-state index in [0.29, 0.717) is 37.4 Å². The van der Waals surface area contributed by atoms with Gasteiger partial charge in [0.15, 0.2) is 0 Å². The van der Waals surface area contributed by atoms with Crippen molar-refractivity contribution in [3.63, 3.8) is 0 Å². The molecular formula is C14H18N2O2. The quantitative estimate of drug-likeness (QED) is 0.455. The van der Waals surface area contributed by atoms with Crippen LogP contribution in [0.4, 0.5) is 5.69 Å². The maximum atomic E-state index is 11.4. The molecule has 1 amide bonds. The molecule has 1 aromatic rings. The van der Waals surface area contributed by atoms with Gasteiger partial charge in [0, 0.05) is 18.7 Å². The molecule has 0 atom stereocenters. The monoisotopic (exact) mass is 246 g/mol. The average Bonchev–Trinajstić information content (AvgIpc) is 2.37. The van der Waals surface area contributed by atoms with Crippen LogP contribution >= 0.6 is 0 Å². The molecule has 1 aromatic carbocycles. The van der Waals surface area contributed by atoms with Crippen LogP contribution in [-0.2, 0) is 4.79 Å². The first-order chi connectivity index (χ1) is 8.72. The van der Waals surface area contributed by atoms with Crippen molar-refractivity contribution in [2.45, 2.75) is 19.8 Å². The number of amides is 1. The number of nitrogens with two attached hydrogens (primary N) is 1. The fourth-order valence-corrected chi connectivity index (χ4v) is 1.30. The number of ether oxygens (including phenoxy) is 1. The molecule has 0 aliphatic carbocycles. The Morgan fingerprint density at radius 1 is 1.39 bits per heavy atom. The van der Waals surface area contributed by atoms with Crippen LogP contribution in [0.25, 0.3) is 0 Å². The summed E-state index contributed by atoms with van der Waals surface area (Å²) in [7, 11) is 0. The van der Waals surface area contributed by atoms with Crippen molar-refractivity contribution >= 4 is 11.6 Å². The molecule has 4 heteroatoms. The highest BCUT2D eigenvalue weighted by Crippen LogP contribution is 2.12. The minimum atomic E-state index is -0.0247. The van der Waals surface area contributed by atoms with Crippen molar-refractivity contribution in [3.8, 4) is 17.6 Å². The van der Waals surface area contributed by atoms with E-state index in [1.54, 1.807) is 31.2 Å². The third-order valence-electron chi connectivity index (χ3n) is 2.23. The first-order valence-electron chi connectivity index (χ1n) is 5.87. The van der Waals surface area contributed by atoms with Crippen molar-refractivity contribution in [2.24, 2.45) is 0 Å². The van der Waals surface area contributed by atoms with Crippen LogP contribution in [0.2, 0.25) is 0 Å². The number of carbonyl (C=O) groups is 1. The third-order valence-corrected chi connectivity index (χ3v) is 2.23. The van der Waals surface area contributed by atoms with Crippen LogP contribution in [0.15, 0.2) is 24.3 Å². The summed E-state index contributed by atoms with van der Waals surface area (Å²) in [5.41, 5.74) is 6.24. The topological polar surface area (TPSA) is 64.3 Å². The predicted molar refractivity (Wildman–Crippen MR) is 72.0 cm³/mol. The molecular weight excluding hydrogens is 228 g/mol. The van der Waals surface area contributed by atoms with Gasteiger partial charge in [-0.25, -0.2) is 0 Å². The second-order valence-corrected chi connectivity index (χ2v) is 3.69. The number of nitrogen functional groups attached to an aromatic ring is 1. The van der Waals surface area contributed by atoms with E-state index in [0.717, 1.165) is 0 Å². The smallest absolute Gasteiger partial charge is 0.223 e. The minimum absolute atomic E-state index is 0.0247. The fraction of sp³-hybridized carbons (Fsp3) is 0.357. The highest BCUT2D eigenvalue weighted by Gasteiger charge is 2.00. The lowest BCUT2D eigenvalue weighted by Gasteiger charge is -2.06. The van der Waals surface area contributed by atoms with Gasteiger partial charge in [0.05, 0.1) is 13.0 Å². The van der Waals surface area contributed by atoms with Gasteiger partial charge in [-0.1, -0.05) is 0 Å². The SMILES string of the molecule is CC#CCCNC(=O)CCOc1ccc(N)cc1. The van der Waals surface area contributed by atoms with E-state index >= 15 is 0 Å². The van der Waals surface area contributed by atoms with Gasteiger partial charge < -0.3 is 15.8 Å². The van der Waals surface area contributed by atoms with Crippen molar-refractivity contribution in [1.29, 1.82) is 0 Å². The normalized spacial score (nSPS) is 9.17.